The number of nitrogens with one attached hydrogen (secondary N) is 2. The number of ether oxygens (including phenoxy) is 2. The van der Waals surface area contributed by atoms with Gasteiger partial charge in [-0.05, 0) is 43.7 Å². The highest BCUT2D eigenvalue weighted by Crippen LogP contribution is 2.14. The van der Waals surface area contributed by atoms with E-state index in [1.54, 1.807) is 6.20 Å². The number of morpholine rings is 1. The van der Waals surface area contributed by atoms with Crippen LogP contribution in [0.2, 0.25) is 0 Å². The number of aliphatic imine (C=N–C) groups is 1. The van der Waals surface area contributed by atoms with Crippen LogP contribution >= 0.6 is 24.0 Å². The maximum absolute atomic E-state index is 5.80. The van der Waals surface area contributed by atoms with Gasteiger partial charge < -0.3 is 20.1 Å². The summed E-state index contributed by atoms with van der Waals surface area (Å²) in [7, 11) is 0. The van der Waals surface area contributed by atoms with Crippen molar-refractivity contribution in [3.8, 4) is 5.75 Å². The molecule has 0 radical (unpaired) electrons. The zero-order chi connectivity index (χ0) is 21.0. The highest BCUT2D eigenvalue weighted by molar-refractivity contribution is 14.0. The Kier molecular flexibility index (Phi) is 11.6. The van der Waals surface area contributed by atoms with Crippen LogP contribution in [0.3, 0.4) is 0 Å². The second kappa shape index (κ2) is 14.2. The number of hydrogen-bond acceptors (Lipinski definition) is 5. The van der Waals surface area contributed by atoms with E-state index in [1.165, 1.54) is 0 Å². The van der Waals surface area contributed by atoms with Gasteiger partial charge in [-0.3, -0.25) is 9.88 Å². The molecule has 1 saturated heterocycles. The molecule has 1 aromatic heterocycles. The largest absolute Gasteiger partial charge is 0.487 e. The molecule has 1 aliphatic heterocycles. The number of pyridine rings is 1. The van der Waals surface area contributed by atoms with E-state index in [0.717, 1.165) is 62.4 Å². The predicted molar refractivity (Wildman–Crippen MR) is 135 cm³/mol. The Bertz CT molecular complexity index is 767. The highest BCUT2D eigenvalue weighted by Gasteiger charge is 2.16. The molecule has 31 heavy (non-hydrogen) atoms. The molecule has 1 aliphatic rings. The van der Waals surface area contributed by atoms with Crippen molar-refractivity contribution in [2.45, 2.75) is 33.0 Å². The van der Waals surface area contributed by atoms with Gasteiger partial charge in [0.25, 0.3) is 0 Å². The van der Waals surface area contributed by atoms with Gasteiger partial charge >= 0.3 is 0 Å². The van der Waals surface area contributed by atoms with Gasteiger partial charge in [0.2, 0.25) is 0 Å². The third-order valence-corrected chi connectivity index (χ3v) is 5.03. The fraction of sp³-hybridized carbons (Fsp3) is 0.478. The van der Waals surface area contributed by atoms with E-state index in [-0.39, 0.29) is 24.0 Å². The topological polar surface area (TPSA) is 71.0 Å². The minimum absolute atomic E-state index is 0. The van der Waals surface area contributed by atoms with Crippen LogP contribution in [0, 0.1) is 0 Å². The van der Waals surface area contributed by atoms with Gasteiger partial charge in [0.15, 0.2) is 5.96 Å². The molecule has 1 atom stereocenters. The molecule has 1 aromatic carbocycles. The summed E-state index contributed by atoms with van der Waals surface area (Å²) in [6.45, 7) is 10.7. The molecular weight excluding hydrogens is 505 g/mol. The Labute approximate surface area is 202 Å². The van der Waals surface area contributed by atoms with E-state index in [1.807, 2.05) is 30.3 Å². The normalized spacial score (nSPS) is 15.6. The third-order valence-electron chi connectivity index (χ3n) is 5.03. The first-order valence-electron chi connectivity index (χ1n) is 10.7. The molecule has 0 aliphatic carbocycles. The Hall–Kier alpha value is -1.91. The smallest absolute Gasteiger partial charge is 0.191 e. The number of rotatable bonds is 9. The van der Waals surface area contributed by atoms with Gasteiger partial charge in [0.1, 0.15) is 12.4 Å². The summed E-state index contributed by atoms with van der Waals surface area (Å²) < 4.78 is 11.2. The summed E-state index contributed by atoms with van der Waals surface area (Å²) in [6, 6.07) is 14.3. The zero-order valence-electron chi connectivity index (χ0n) is 18.4. The van der Waals surface area contributed by atoms with E-state index in [9.17, 15) is 0 Å². The van der Waals surface area contributed by atoms with E-state index in [2.05, 4.69) is 46.5 Å². The molecule has 2 N–H and O–H groups in total. The van der Waals surface area contributed by atoms with E-state index in [0.29, 0.717) is 19.2 Å². The minimum Gasteiger partial charge on any atom is -0.487 e. The van der Waals surface area contributed by atoms with Crippen molar-refractivity contribution in [1.82, 2.24) is 20.5 Å². The van der Waals surface area contributed by atoms with E-state index in [4.69, 9.17) is 14.5 Å². The fourth-order valence-electron chi connectivity index (χ4n) is 3.24. The maximum Gasteiger partial charge on any atom is 0.191 e. The molecule has 1 unspecified atom stereocenters. The number of guanidine groups is 1. The van der Waals surface area contributed by atoms with Crippen LogP contribution < -0.4 is 15.4 Å². The molecule has 0 spiro atoms. The summed E-state index contributed by atoms with van der Waals surface area (Å²) in [5, 5.41) is 6.79. The molecule has 1 fully saturated rings. The van der Waals surface area contributed by atoms with E-state index >= 15 is 0 Å². The first-order chi connectivity index (χ1) is 14.7. The van der Waals surface area contributed by atoms with Gasteiger partial charge in [-0.2, -0.15) is 0 Å². The molecule has 7 nitrogen and oxygen atoms in total. The van der Waals surface area contributed by atoms with Crippen molar-refractivity contribution < 1.29 is 9.47 Å². The molecule has 8 heteroatoms. The molecule has 3 rings (SSSR count). The molecular formula is C23H34IN5O2. The third kappa shape index (κ3) is 9.00. The standard InChI is InChI=1S/C23H33N5O2.HI/c1-3-24-23(26-16-19(2)28-12-14-29-15-13-28)27-17-20-7-9-22(10-8-20)30-18-21-6-4-5-11-25-21;/h4-11,19H,3,12-18H2,1-2H3,(H2,24,26,27);1H. The van der Waals surface area contributed by atoms with Crippen LogP contribution in [0.25, 0.3) is 0 Å². The van der Waals surface area contributed by atoms with Crippen LogP contribution in [-0.4, -0.2) is 61.3 Å². The van der Waals surface area contributed by atoms with Gasteiger partial charge in [0, 0.05) is 38.4 Å². The molecule has 0 bridgehead atoms. The average molecular weight is 539 g/mol. The SMILES string of the molecule is CCNC(=NCc1ccc(OCc2ccccn2)cc1)NCC(C)N1CCOCC1.I. The molecule has 170 valence electrons. The Morgan fingerprint density at radius 2 is 1.94 bits per heavy atom. The first-order valence-corrected chi connectivity index (χ1v) is 10.7. The van der Waals surface area contributed by atoms with Crippen LogP contribution in [0.1, 0.15) is 25.1 Å². The monoisotopic (exact) mass is 539 g/mol. The summed E-state index contributed by atoms with van der Waals surface area (Å²) in [5.74, 6) is 1.67. The van der Waals surface area contributed by atoms with Gasteiger partial charge in [-0.1, -0.05) is 18.2 Å². The Morgan fingerprint density at radius 1 is 1.16 bits per heavy atom. The summed E-state index contributed by atoms with van der Waals surface area (Å²) in [4.78, 5) is 11.4. The van der Waals surface area contributed by atoms with Crippen LogP contribution in [0.5, 0.6) is 5.75 Å². The number of benzene rings is 1. The Morgan fingerprint density at radius 3 is 2.61 bits per heavy atom. The fourth-order valence-corrected chi connectivity index (χ4v) is 3.24. The maximum atomic E-state index is 5.80. The number of nitrogens with zero attached hydrogens (tertiary/aromatic N) is 3. The first kappa shape index (κ1) is 25.4. The van der Waals surface area contributed by atoms with Crippen LogP contribution in [0.4, 0.5) is 0 Å². The predicted octanol–water partition coefficient (Wildman–Crippen LogP) is 3.05. The lowest BCUT2D eigenvalue weighted by Crippen LogP contribution is -2.49. The molecule has 2 aromatic rings. The van der Waals surface area contributed by atoms with Crippen molar-refractivity contribution in [1.29, 1.82) is 0 Å². The van der Waals surface area contributed by atoms with Crippen LogP contribution in [-0.2, 0) is 17.9 Å². The number of aromatic nitrogens is 1. The number of hydrogen-bond donors (Lipinski definition) is 2. The van der Waals surface area contributed by atoms with Crippen molar-refractivity contribution in [3.63, 3.8) is 0 Å². The lowest BCUT2D eigenvalue weighted by molar-refractivity contribution is 0.0211. The lowest BCUT2D eigenvalue weighted by atomic mass is 10.2. The van der Waals surface area contributed by atoms with Crippen LogP contribution in [0.15, 0.2) is 53.7 Å². The second-order valence-electron chi connectivity index (χ2n) is 7.33. The van der Waals surface area contributed by atoms with Crippen molar-refractivity contribution in [2.75, 3.05) is 39.4 Å². The molecule has 0 saturated carbocycles. The minimum atomic E-state index is 0. The highest BCUT2D eigenvalue weighted by atomic mass is 127. The molecule has 2 heterocycles. The Balaban J connectivity index is 0.00000341. The summed E-state index contributed by atoms with van der Waals surface area (Å²) >= 11 is 0. The van der Waals surface area contributed by atoms with Gasteiger partial charge in [-0.15, -0.1) is 24.0 Å². The molecule has 0 amide bonds. The quantitative estimate of drug-likeness (QED) is 0.290. The second-order valence-corrected chi connectivity index (χ2v) is 7.33. The van der Waals surface area contributed by atoms with Crippen molar-refractivity contribution >= 4 is 29.9 Å². The lowest BCUT2D eigenvalue weighted by Gasteiger charge is -2.32. The number of halogens is 1. The van der Waals surface area contributed by atoms with Gasteiger partial charge in [0.05, 0.1) is 25.5 Å². The zero-order valence-corrected chi connectivity index (χ0v) is 20.7. The van der Waals surface area contributed by atoms with Crippen molar-refractivity contribution in [3.05, 3.63) is 59.9 Å². The summed E-state index contributed by atoms with van der Waals surface area (Å²) in [5.41, 5.74) is 2.05. The summed E-state index contributed by atoms with van der Waals surface area (Å²) in [6.07, 6.45) is 1.78. The van der Waals surface area contributed by atoms with Gasteiger partial charge in [-0.25, -0.2) is 4.99 Å². The van der Waals surface area contributed by atoms with E-state index < -0.39 is 0 Å². The van der Waals surface area contributed by atoms with Crippen molar-refractivity contribution in [2.24, 2.45) is 4.99 Å². The average Bonchev–Trinajstić information content (AvgIpc) is 2.81.